The largest absolute Gasteiger partial charge is 0.378 e. The van der Waals surface area contributed by atoms with Gasteiger partial charge >= 0.3 is 0 Å². The van der Waals surface area contributed by atoms with E-state index in [4.69, 9.17) is 4.74 Å². The molecule has 0 radical (unpaired) electrons. The van der Waals surface area contributed by atoms with Crippen LogP contribution in [0.2, 0.25) is 0 Å². The van der Waals surface area contributed by atoms with Crippen molar-refractivity contribution in [1.82, 2.24) is 0 Å². The lowest BCUT2D eigenvalue weighted by molar-refractivity contribution is 0.0989. The van der Waals surface area contributed by atoms with Crippen LogP contribution >= 0.6 is 0 Å². The van der Waals surface area contributed by atoms with Crippen LogP contribution in [0.25, 0.3) is 0 Å². The van der Waals surface area contributed by atoms with E-state index in [1.54, 1.807) is 0 Å². The van der Waals surface area contributed by atoms with Crippen LogP contribution in [0, 0.1) is 11.8 Å². The molecule has 12 heavy (non-hydrogen) atoms. The van der Waals surface area contributed by atoms with E-state index in [1.807, 2.05) is 0 Å². The molecule has 2 rings (SSSR count). The fourth-order valence-electron chi connectivity index (χ4n) is 2.54. The Balaban J connectivity index is 1.64. The van der Waals surface area contributed by atoms with Crippen LogP contribution in [0.15, 0.2) is 0 Å². The molecule has 70 valence electrons. The summed E-state index contributed by atoms with van der Waals surface area (Å²) in [6.45, 7) is 3.23. The third-order valence-electron chi connectivity index (χ3n) is 3.39. The lowest BCUT2D eigenvalue weighted by Gasteiger charge is -2.04. The highest BCUT2D eigenvalue weighted by Gasteiger charge is 2.51. The van der Waals surface area contributed by atoms with Gasteiger partial charge in [-0.2, -0.15) is 0 Å². The first kappa shape index (κ1) is 8.55. The molecule has 0 spiro atoms. The molecule has 0 amide bonds. The van der Waals surface area contributed by atoms with Gasteiger partial charge in [0.15, 0.2) is 0 Å². The molecule has 0 aromatic heterocycles. The Hall–Kier alpha value is -0.0400. The van der Waals surface area contributed by atoms with Crippen LogP contribution in [0.5, 0.6) is 0 Å². The molecule has 0 aromatic rings. The minimum absolute atomic E-state index is 0.680. The third-order valence-corrected chi connectivity index (χ3v) is 3.39. The molecular weight excluding hydrogens is 148 g/mol. The van der Waals surface area contributed by atoms with E-state index < -0.39 is 0 Å². The smallest absolute Gasteiger partial charge is 0.0638 e. The van der Waals surface area contributed by atoms with Crippen molar-refractivity contribution in [2.24, 2.45) is 11.8 Å². The van der Waals surface area contributed by atoms with Gasteiger partial charge in [0, 0.05) is 6.61 Å². The minimum atomic E-state index is 0.680. The Kier molecular flexibility index (Phi) is 2.69. The molecule has 0 aromatic carbocycles. The molecule has 0 aliphatic heterocycles. The van der Waals surface area contributed by atoms with Gasteiger partial charge < -0.3 is 4.74 Å². The zero-order valence-electron chi connectivity index (χ0n) is 8.09. The van der Waals surface area contributed by atoms with Crippen molar-refractivity contribution in [1.29, 1.82) is 0 Å². The van der Waals surface area contributed by atoms with Gasteiger partial charge in [0.05, 0.1) is 6.10 Å². The second-order valence-corrected chi connectivity index (χ2v) is 4.30. The van der Waals surface area contributed by atoms with Crippen LogP contribution in [0.4, 0.5) is 0 Å². The highest BCUT2D eigenvalue weighted by molar-refractivity contribution is 5.00. The standard InChI is InChI=1S/C11H20O/c1-2-3-8-12-11-9-6-4-5-7-10(9)11/h9-11H,2-8H2,1H3/t9-,10+,11?. The second-order valence-electron chi connectivity index (χ2n) is 4.30. The van der Waals surface area contributed by atoms with Crippen LogP contribution in [0.3, 0.4) is 0 Å². The third kappa shape index (κ3) is 1.66. The van der Waals surface area contributed by atoms with Crippen molar-refractivity contribution in [3.8, 4) is 0 Å². The molecule has 1 unspecified atom stereocenters. The number of hydrogen-bond donors (Lipinski definition) is 0. The summed E-state index contributed by atoms with van der Waals surface area (Å²) in [6, 6.07) is 0. The number of fused-ring (bicyclic) bond motifs is 1. The summed E-state index contributed by atoms with van der Waals surface area (Å²) in [5.41, 5.74) is 0. The van der Waals surface area contributed by atoms with Gasteiger partial charge in [0.2, 0.25) is 0 Å². The molecule has 1 nitrogen and oxygen atoms in total. The van der Waals surface area contributed by atoms with Crippen molar-refractivity contribution in [2.75, 3.05) is 6.61 Å². The fraction of sp³-hybridized carbons (Fsp3) is 1.00. The zero-order chi connectivity index (χ0) is 8.39. The molecule has 2 fully saturated rings. The quantitative estimate of drug-likeness (QED) is 0.586. The Morgan fingerprint density at radius 1 is 1.17 bits per heavy atom. The van der Waals surface area contributed by atoms with E-state index >= 15 is 0 Å². The van der Waals surface area contributed by atoms with Gasteiger partial charge in [0.25, 0.3) is 0 Å². The highest BCUT2D eigenvalue weighted by atomic mass is 16.5. The maximum atomic E-state index is 5.84. The Labute approximate surface area is 75.5 Å². The number of rotatable bonds is 4. The number of unbranched alkanes of at least 4 members (excludes halogenated alkanes) is 1. The molecule has 0 bridgehead atoms. The summed E-state index contributed by atoms with van der Waals surface area (Å²) < 4.78 is 5.84. The normalized spacial score (nSPS) is 39.2. The van der Waals surface area contributed by atoms with Gasteiger partial charge in [-0.05, 0) is 31.1 Å². The first-order valence-corrected chi connectivity index (χ1v) is 5.55. The van der Waals surface area contributed by atoms with Crippen molar-refractivity contribution >= 4 is 0 Å². The van der Waals surface area contributed by atoms with Crippen molar-refractivity contribution in [2.45, 2.75) is 51.6 Å². The number of hydrogen-bond acceptors (Lipinski definition) is 1. The van der Waals surface area contributed by atoms with Gasteiger partial charge in [-0.3, -0.25) is 0 Å². The predicted octanol–water partition coefficient (Wildman–Crippen LogP) is 2.99. The lowest BCUT2D eigenvalue weighted by Crippen LogP contribution is -1.99. The Morgan fingerprint density at radius 3 is 2.42 bits per heavy atom. The lowest BCUT2D eigenvalue weighted by atomic mass is 10.0. The summed E-state index contributed by atoms with van der Waals surface area (Å²) in [6.07, 6.45) is 8.99. The molecule has 3 atom stereocenters. The molecule has 0 N–H and O–H groups in total. The summed E-state index contributed by atoms with van der Waals surface area (Å²) in [4.78, 5) is 0. The molecule has 0 saturated heterocycles. The van der Waals surface area contributed by atoms with Crippen molar-refractivity contribution < 1.29 is 4.74 Å². The van der Waals surface area contributed by atoms with Gasteiger partial charge in [-0.25, -0.2) is 0 Å². The molecule has 1 heteroatoms. The summed E-state index contributed by atoms with van der Waals surface area (Å²) >= 11 is 0. The fourth-order valence-corrected chi connectivity index (χ4v) is 2.54. The maximum absolute atomic E-state index is 5.84. The first-order valence-electron chi connectivity index (χ1n) is 5.55. The highest BCUT2D eigenvalue weighted by Crippen LogP contribution is 2.51. The van der Waals surface area contributed by atoms with E-state index in [-0.39, 0.29) is 0 Å². The van der Waals surface area contributed by atoms with Crippen LogP contribution in [0.1, 0.15) is 45.4 Å². The second kappa shape index (κ2) is 3.78. The molecule has 2 aliphatic rings. The van der Waals surface area contributed by atoms with Crippen LogP contribution in [-0.4, -0.2) is 12.7 Å². The van der Waals surface area contributed by atoms with E-state index in [9.17, 15) is 0 Å². The summed E-state index contributed by atoms with van der Waals surface area (Å²) in [5, 5.41) is 0. The van der Waals surface area contributed by atoms with Crippen LogP contribution < -0.4 is 0 Å². The van der Waals surface area contributed by atoms with Crippen molar-refractivity contribution in [3.05, 3.63) is 0 Å². The van der Waals surface area contributed by atoms with Gasteiger partial charge in [-0.1, -0.05) is 26.2 Å². The zero-order valence-corrected chi connectivity index (χ0v) is 8.09. The average molecular weight is 168 g/mol. The van der Waals surface area contributed by atoms with Gasteiger partial charge in [-0.15, -0.1) is 0 Å². The number of ether oxygens (including phenoxy) is 1. The molecule has 0 heterocycles. The Morgan fingerprint density at radius 2 is 1.83 bits per heavy atom. The summed E-state index contributed by atoms with van der Waals surface area (Å²) in [7, 11) is 0. The van der Waals surface area contributed by atoms with Crippen LogP contribution in [-0.2, 0) is 4.74 Å². The minimum Gasteiger partial charge on any atom is -0.378 e. The topological polar surface area (TPSA) is 9.23 Å². The summed E-state index contributed by atoms with van der Waals surface area (Å²) in [5.74, 6) is 1.94. The van der Waals surface area contributed by atoms with E-state index in [0.29, 0.717) is 6.10 Å². The first-order chi connectivity index (χ1) is 5.93. The molecule has 2 aliphatic carbocycles. The monoisotopic (exact) mass is 168 g/mol. The van der Waals surface area contributed by atoms with E-state index in [0.717, 1.165) is 18.4 Å². The molecular formula is C11H20O. The Bertz CT molecular complexity index is 132. The van der Waals surface area contributed by atoms with Gasteiger partial charge in [0.1, 0.15) is 0 Å². The predicted molar refractivity (Wildman–Crippen MR) is 50.1 cm³/mol. The average Bonchev–Trinajstić information content (AvgIpc) is 2.80. The maximum Gasteiger partial charge on any atom is 0.0638 e. The molecule has 2 saturated carbocycles. The van der Waals surface area contributed by atoms with E-state index in [2.05, 4.69) is 6.92 Å². The van der Waals surface area contributed by atoms with Crippen molar-refractivity contribution in [3.63, 3.8) is 0 Å². The van der Waals surface area contributed by atoms with E-state index in [1.165, 1.54) is 38.5 Å². The SMILES string of the molecule is CCCCOC1[C@H]2CCCC[C@@H]12.